The fourth-order valence-corrected chi connectivity index (χ4v) is 1.94. The van der Waals surface area contributed by atoms with Gasteiger partial charge in [-0.2, -0.15) is 5.26 Å². The summed E-state index contributed by atoms with van der Waals surface area (Å²) in [5, 5.41) is 15.3. The van der Waals surface area contributed by atoms with Crippen molar-refractivity contribution in [2.75, 3.05) is 27.2 Å². The van der Waals surface area contributed by atoms with E-state index in [1.165, 1.54) is 6.20 Å². The summed E-state index contributed by atoms with van der Waals surface area (Å²) >= 11 is 6.02. The number of carbonyl (C=O) groups excluding carboxylic acids is 1. The molecule has 1 rings (SSSR count). The van der Waals surface area contributed by atoms with Gasteiger partial charge in [-0.15, -0.1) is 0 Å². The van der Waals surface area contributed by atoms with Gasteiger partial charge in [0.05, 0.1) is 0 Å². The van der Waals surface area contributed by atoms with Gasteiger partial charge in [-0.3, -0.25) is 4.79 Å². The largest absolute Gasteiger partial charge is 0.390 e. The molecule has 0 heterocycles. The van der Waals surface area contributed by atoms with Gasteiger partial charge in [0.1, 0.15) is 11.6 Å². The molecule has 0 aliphatic carbocycles. The van der Waals surface area contributed by atoms with Crippen molar-refractivity contribution in [3.63, 3.8) is 0 Å². The predicted molar refractivity (Wildman–Crippen MR) is 88.2 cm³/mol. The van der Waals surface area contributed by atoms with Crippen LogP contribution >= 0.6 is 11.6 Å². The Bertz CT molecular complexity index is 564. The molecule has 0 radical (unpaired) electrons. The lowest BCUT2D eigenvalue weighted by molar-refractivity contribution is -0.117. The SMILES string of the molecule is CN(C)CCCN/C=C(/C#N)C(=O)NCc1ccccc1Cl. The highest BCUT2D eigenvalue weighted by Gasteiger charge is 2.09. The second kappa shape index (κ2) is 9.82. The molecule has 0 saturated carbocycles. The fraction of sp³-hybridized carbons (Fsp3) is 0.375. The van der Waals surface area contributed by atoms with Gasteiger partial charge in [0.25, 0.3) is 5.91 Å². The topological polar surface area (TPSA) is 68.2 Å². The highest BCUT2D eigenvalue weighted by molar-refractivity contribution is 6.31. The van der Waals surface area contributed by atoms with Crippen LogP contribution in [0.15, 0.2) is 36.0 Å². The normalized spacial score (nSPS) is 11.1. The molecule has 22 heavy (non-hydrogen) atoms. The van der Waals surface area contributed by atoms with E-state index in [1.54, 1.807) is 6.07 Å². The smallest absolute Gasteiger partial charge is 0.263 e. The summed E-state index contributed by atoms with van der Waals surface area (Å²) in [4.78, 5) is 14.0. The van der Waals surface area contributed by atoms with E-state index in [0.717, 1.165) is 18.5 Å². The van der Waals surface area contributed by atoms with E-state index >= 15 is 0 Å². The Kier molecular flexibility index (Phi) is 8.05. The van der Waals surface area contributed by atoms with E-state index in [1.807, 2.05) is 38.4 Å². The van der Waals surface area contributed by atoms with Gasteiger partial charge in [0.15, 0.2) is 0 Å². The summed E-state index contributed by atoms with van der Waals surface area (Å²) in [5.74, 6) is -0.414. The Morgan fingerprint density at radius 3 is 2.77 bits per heavy atom. The maximum absolute atomic E-state index is 11.9. The van der Waals surface area contributed by atoms with Crippen LogP contribution in [0.2, 0.25) is 5.02 Å². The maximum Gasteiger partial charge on any atom is 0.263 e. The van der Waals surface area contributed by atoms with Crippen LogP contribution in [0.25, 0.3) is 0 Å². The Hall–Kier alpha value is -2.03. The first-order chi connectivity index (χ1) is 10.5. The zero-order valence-electron chi connectivity index (χ0n) is 12.9. The van der Waals surface area contributed by atoms with Crippen LogP contribution in [0.3, 0.4) is 0 Å². The molecular formula is C16H21ClN4O. The van der Waals surface area contributed by atoms with Crippen molar-refractivity contribution in [2.24, 2.45) is 0 Å². The van der Waals surface area contributed by atoms with Crippen molar-refractivity contribution in [2.45, 2.75) is 13.0 Å². The van der Waals surface area contributed by atoms with Crippen LogP contribution in [0.5, 0.6) is 0 Å². The van der Waals surface area contributed by atoms with Gasteiger partial charge < -0.3 is 15.5 Å². The Labute approximate surface area is 136 Å². The Morgan fingerprint density at radius 2 is 2.14 bits per heavy atom. The van der Waals surface area contributed by atoms with Crippen molar-refractivity contribution in [1.29, 1.82) is 5.26 Å². The number of amides is 1. The fourth-order valence-electron chi connectivity index (χ4n) is 1.73. The number of benzene rings is 1. The zero-order chi connectivity index (χ0) is 16.4. The minimum atomic E-state index is -0.414. The van der Waals surface area contributed by atoms with E-state index in [4.69, 9.17) is 16.9 Å². The third-order valence-corrected chi connectivity index (χ3v) is 3.30. The molecule has 118 valence electrons. The second-order valence-electron chi connectivity index (χ2n) is 5.05. The van der Waals surface area contributed by atoms with Gasteiger partial charge in [-0.05, 0) is 38.7 Å². The third-order valence-electron chi connectivity index (χ3n) is 2.94. The van der Waals surface area contributed by atoms with Gasteiger partial charge in [-0.25, -0.2) is 0 Å². The van der Waals surface area contributed by atoms with E-state index in [9.17, 15) is 4.79 Å². The summed E-state index contributed by atoms with van der Waals surface area (Å²) in [6, 6.07) is 9.16. The standard InChI is InChI=1S/C16H21ClN4O/c1-21(2)9-5-8-19-11-14(10-18)16(22)20-12-13-6-3-4-7-15(13)17/h3-4,6-7,11,19H,5,8-9,12H2,1-2H3,(H,20,22)/b14-11-. The second-order valence-corrected chi connectivity index (χ2v) is 5.46. The van der Waals surface area contributed by atoms with Gasteiger partial charge in [-0.1, -0.05) is 29.8 Å². The number of rotatable bonds is 8. The molecule has 0 spiro atoms. The molecule has 1 amide bonds. The first-order valence-corrected chi connectivity index (χ1v) is 7.42. The average Bonchev–Trinajstić information content (AvgIpc) is 2.49. The zero-order valence-corrected chi connectivity index (χ0v) is 13.7. The maximum atomic E-state index is 11.9. The number of carbonyl (C=O) groups is 1. The van der Waals surface area contributed by atoms with Crippen molar-refractivity contribution in [3.8, 4) is 6.07 Å². The molecule has 0 aliphatic rings. The molecule has 1 aromatic carbocycles. The van der Waals surface area contributed by atoms with E-state index < -0.39 is 5.91 Å². The molecule has 0 atom stereocenters. The highest BCUT2D eigenvalue weighted by Crippen LogP contribution is 2.14. The average molecular weight is 321 g/mol. The van der Waals surface area contributed by atoms with Crippen molar-refractivity contribution in [1.82, 2.24) is 15.5 Å². The third kappa shape index (κ3) is 6.61. The van der Waals surface area contributed by atoms with Crippen molar-refractivity contribution >= 4 is 17.5 Å². The van der Waals surface area contributed by atoms with Gasteiger partial charge in [0.2, 0.25) is 0 Å². The quantitative estimate of drug-likeness (QED) is 0.436. The van der Waals surface area contributed by atoms with Crippen molar-refractivity contribution in [3.05, 3.63) is 46.6 Å². The molecule has 0 saturated heterocycles. The Balaban J connectivity index is 2.44. The molecule has 0 aromatic heterocycles. The molecule has 0 unspecified atom stereocenters. The van der Waals surface area contributed by atoms with Crippen LogP contribution in [-0.2, 0) is 11.3 Å². The summed E-state index contributed by atoms with van der Waals surface area (Å²) in [6.45, 7) is 1.95. The summed E-state index contributed by atoms with van der Waals surface area (Å²) in [6.07, 6.45) is 2.39. The van der Waals surface area contributed by atoms with Crippen LogP contribution in [-0.4, -0.2) is 38.0 Å². The van der Waals surface area contributed by atoms with E-state index in [2.05, 4.69) is 15.5 Å². The van der Waals surface area contributed by atoms with Gasteiger partial charge >= 0.3 is 0 Å². The first-order valence-electron chi connectivity index (χ1n) is 7.04. The van der Waals surface area contributed by atoms with E-state index in [-0.39, 0.29) is 12.1 Å². The lowest BCUT2D eigenvalue weighted by Gasteiger charge is -2.09. The molecule has 0 fully saturated rings. The van der Waals surface area contributed by atoms with Crippen LogP contribution in [0.4, 0.5) is 0 Å². The first kappa shape index (κ1) is 18.0. The van der Waals surface area contributed by atoms with Crippen LogP contribution in [0, 0.1) is 11.3 Å². The monoisotopic (exact) mass is 320 g/mol. The number of hydrogen-bond donors (Lipinski definition) is 2. The lowest BCUT2D eigenvalue weighted by Crippen LogP contribution is -2.26. The Morgan fingerprint density at radius 1 is 1.41 bits per heavy atom. The minimum Gasteiger partial charge on any atom is -0.390 e. The summed E-state index contributed by atoms with van der Waals surface area (Å²) < 4.78 is 0. The molecule has 5 nitrogen and oxygen atoms in total. The molecule has 2 N–H and O–H groups in total. The minimum absolute atomic E-state index is 0.0527. The van der Waals surface area contributed by atoms with E-state index in [0.29, 0.717) is 11.6 Å². The number of hydrogen-bond acceptors (Lipinski definition) is 4. The molecule has 0 bridgehead atoms. The lowest BCUT2D eigenvalue weighted by atomic mass is 10.2. The van der Waals surface area contributed by atoms with Crippen LogP contribution < -0.4 is 10.6 Å². The molecular weight excluding hydrogens is 300 g/mol. The highest BCUT2D eigenvalue weighted by atomic mass is 35.5. The number of halogens is 1. The number of nitrogens with zero attached hydrogens (tertiary/aromatic N) is 2. The predicted octanol–water partition coefficient (Wildman–Crippen LogP) is 1.90. The molecule has 6 heteroatoms. The number of nitriles is 1. The summed E-state index contributed by atoms with van der Waals surface area (Å²) in [5.41, 5.74) is 0.866. The molecule has 1 aromatic rings. The van der Waals surface area contributed by atoms with Gasteiger partial charge in [0, 0.05) is 24.3 Å². The van der Waals surface area contributed by atoms with Crippen LogP contribution in [0.1, 0.15) is 12.0 Å². The molecule has 0 aliphatic heterocycles. The van der Waals surface area contributed by atoms with Crippen molar-refractivity contribution < 1.29 is 4.79 Å². The number of nitrogens with one attached hydrogen (secondary N) is 2. The summed E-state index contributed by atoms with van der Waals surface area (Å²) in [7, 11) is 4.00.